The van der Waals surface area contributed by atoms with Crippen molar-refractivity contribution in [3.63, 3.8) is 0 Å². The number of rotatable bonds is 16. The third kappa shape index (κ3) is 6.67. The van der Waals surface area contributed by atoms with E-state index in [1.165, 1.54) is 54.8 Å². The largest absolute Gasteiger partial charge is 0.493 e. The standard InChI is InChI=1S/C31H42N6O10/c1-12-37(15(2)3,16(4)5)31-35-29(32-21-17(27(38)39)13-19(42-6)23(44-8)25(21)46-10)34-30(36-31)33-22-18(28(40)41)14-20(43-7)24(45-9)26(22)47-11/h13-16H,12H2,1-11H3,(H3-,32,33,34,35,36,38,39,40,41)/p+1. The number of benzene rings is 2. The number of ether oxygens (including phenoxy) is 6. The molecule has 0 aliphatic carbocycles. The molecule has 47 heavy (non-hydrogen) atoms. The smallest absolute Gasteiger partial charge is 0.338 e. The average Bonchev–Trinajstić information content (AvgIpc) is 3.03. The van der Waals surface area contributed by atoms with Crippen LogP contribution in [0.2, 0.25) is 0 Å². The maximum absolute atomic E-state index is 12.4. The Kier molecular flexibility index (Phi) is 11.5. The summed E-state index contributed by atoms with van der Waals surface area (Å²) in [5.41, 5.74) is -0.456. The van der Waals surface area contributed by atoms with Crippen LogP contribution >= 0.6 is 0 Å². The van der Waals surface area contributed by atoms with Gasteiger partial charge in [-0.05, 0) is 34.6 Å². The Morgan fingerprint density at radius 2 is 1.02 bits per heavy atom. The zero-order chi connectivity index (χ0) is 35.2. The Balaban J connectivity index is 2.43. The minimum absolute atomic E-state index is 0.0145. The number of methoxy groups -OCH3 is 6. The monoisotopic (exact) mass is 659 g/mol. The quantitative estimate of drug-likeness (QED) is 0.151. The Bertz CT molecular complexity index is 1520. The summed E-state index contributed by atoms with van der Waals surface area (Å²) in [4.78, 5) is 39.0. The Morgan fingerprint density at radius 1 is 0.660 bits per heavy atom. The van der Waals surface area contributed by atoms with Crippen LogP contribution in [0.1, 0.15) is 55.3 Å². The van der Waals surface area contributed by atoms with Crippen molar-refractivity contribution in [2.24, 2.45) is 0 Å². The first kappa shape index (κ1) is 36.2. The lowest BCUT2D eigenvalue weighted by Crippen LogP contribution is -2.60. The van der Waals surface area contributed by atoms with E-state index in [0.29, 0.717) is 12.5 Å². The molecule has 0 aliphatic rings. The molecule has 1 heterocycles. The van der Waals surface area contributed by atoms with Crippen molar-refractivity contribution >= 4 is 41.2 Å². The molecule has 1 aromatic heterocycles. The van der Waals surface area contributed by atoms with Crippen LogP contribution in [-0.2, 0) is 0 Å². The van der Waals surface area contributed by atoms with Gasteiger partial charge in [-0.2, -0.15) is 4.98 Å². The van der Waals surface area contributed by atoms with Crippen molar-refractivity contribution in [3.8, 4) is 34.5 Å². The summed E-state index contributed by atoms with van der Waals surface area (Å²) >= 11 is 0. The number of quaternary nitrogens is 1. The summed E-state index contributed by atoms with van der Waals surface area (Å²) in [7, 11) is 8.24. The van der Waals surface area contributed by atoms with E-state index >= 15 is 0 Å². The predicted octanol–water partition coefficient (Wildman–Crippen LogP) is 4.95. The van der Waals surface area contributed by atoms with Crippen molar-refractivity contribution in [2.45, 2.75) is 46.7 Å². The number of carboxylic acids is 2. The maximum Gasteiger partial charge on any atom is 0.338 e. The van der Waals surface area contributed by atoms with Crippen molar-refractivity contribution in [2.75, 3.05) is 59.8 Å². The van der Waals surface area contributed by atoms with E-state index in [0.717, 1.165) is 0 Å². The fourth-order valence-corrected chi connectivity index (χ4v) is 5.71. The average molecular weight is 660 g/mol. The molecule has 0 amide bonds. The van der Waals surface area contributed by atoms with Gasteiger partial charge in [0.15, 0.2) is 23.0 Å². The molecule has 2 aromatic carbocycles. The lowest BCUT2D eigenvalue weighted by atomic mass is 10.1. The van der Waals surface area contributed by atoms with Crippen LogP contribution in [0.25, 0.3) is 0 Å². The van der Waals surface area contributed by atoms with Crippen molar-refractivity contribution in [1.29, 1.82) is 0 Å². The Hall–Kier alpha value is -5.25. The molecule has 0 saturated heterocycles. The van der Waals surface area contributed by atoms with E-state index in [9.17, 15) is 19.8 Å². The molecule has 0 bridgehead atoms. The molecule has 0 aliphatic heterocycles. The van der Waals surface area contributed by atoms with Gasteiger partial charge in [-0.25, -0.2) is 9.59 Å². The first-order valence-corrected chi connectivity index (χ1v) is 14.6. The fourth-order valence-electron chi connectivity index (χ4n) is 5.71. The summed E-state index contributed by atoms with van der Waals surface area (Å²) in [6.07, 6.45) is 0. The van der Waals surface area contributed by atoms with Crippen molar-refractivity contribution in [3.05, 3.63) is 23.3 Å². The van der Waals surface area contributed by atoms with Gasteiger partial charge in [0.1, 0.15) is 11.4 Å². The Morgan fingerprint density at radius 3 is 1.28 bits per heavy atom. The molecule has 3 aromatic rings. The molecule has 0 spiro atoms. The number of hydrogen-bond acceptors (Lipinski definition) is 13. The highest BCUT2D eigenvalue weighted by Gasteiger charge is 2.40. The minimum Gasteiger partial charge on any atom is -0.493 e. The summed E-state index contributed by atoms with van der Waals surface area (Å²) in [6, 6.07) is 2.54. The zero-order valence-electron chi connectivity index (χ0n) is 28.5. The third-order valence-electron chi connectivity index (χ3n) is 7.96. The van der Waals surface area contributed by atoms with E-state index in [-0.39, 0.29) is 85.5 Å². The minimum atomic E-state index is -1.29. The number of nitrogens with one attached hydrogen (secondary N) is 2. The molecule has 0 radical (unpaired) electrons. The van der Waals surface area contributed by atoms with Gasteiger partial charge in [-0.3, -0.25) is 4.48 Å². The topological polar surface area (TPSA) is 193 Å². The number of anilines is 4. The lowest BCUT2D eigenvalue weighted by molar-refractivity contribution is 0.0686. The molecule has 256 valence electrons. The maximum atomic E-state index is 12.4. The number of nitrogens with zero attached hydrogens (tertiary/aromatic N) is 4. The summed E-state index contributed by atoms with van der Waals surface area (Å²) in [6.45, 7) is 10.7. The summed E-state index contributed by atoms with van der Waals surface area (Å²) in [5, 5.41) is 26.3. The number of aromatic nitrogens is 3. The van der Waals surface area contributed by atoms with Crippen LogP contribution in [0, 0.1) is 0 Å². The second-order valence-corrected chi connectivity index (χ2v) is 10.7. The van der Waals surface area contributed by atoms with E-state index < -0.39 is 11.9 Å². The zero-order valence-corrected chi connectivity index (χ0v) is 28.5. The van der Waals surface area contributed by atoms with Gasteiger partial charge in [0.2, 0.25) is 23.4 Å². The molecule has 0 unspecified atom stereocenters. The molecule has 3 rings (SSSR count). The van der Waals surface area contributed by atoms with E-state index in [2.05, 4.69) is 15.6 Å². The van der Waals surface area contributed by atoms with Gasteiger partial charge in [0.05, 0.1) is 72.4 Å². The van der Waals surface area contributed by atoms with E-state index in [1.54, 1.807) is 0 Å². The van der Waals surface area contributed by atoms with Crippen LogP contribution in [0.3, 0.4) is 0 Å². The number of carbonyl (C=O) groups is 2. The summed E-state index contributed by atoms with van der Waals surface area (Å²) in [5.74, 6) is -1.80. The molecule has 16 heteroatoms. The highest BCUT2D eigenvalue weighted by Crippen LogP contribution is 2.48. The van der Waals surface area contributed by atoms with Crippen molar-refractivity contribution in [1.82, 2.24) is 19.4 Å². The van der Waals surface area contributed by atoms with Crippen molar-refractivity contribution < 1.29 is 48.2 Å². The predicted molar refractivity (Wildman–Crippen MR) is 175 cm³/mol. The van der Waals surface area contributed by atoms with Crippen LogP contribution in [0.15, 0.2) is 12.1 Å². The van der Waals surface area contributed by atoms with Crippen LogP contribution in [0.5, 0.6) is 34.5 Å². The Labute approximate surface area is 273 Å². The molecule has 0 atom stereocenters. The van der Waals surface area contributed by atoms with Gasteiger partial charge in [-0.1, -0.05) is 0 Å². The third-order valence-corrected chi connectivity index (χ3v) is 7.96. The van der Waals surface area contributed by atoms with Crippen LogP contribution in [-0.4, -0.2) is 98.4 Å². The lowest BCUT2D eigenvalue weighted by Gasteiger charge is -2.42. The second-order valence-electron chi connectivity index (χ2n) is 10.7. The van der Waals surface area contributed by atoms with Crippen LogP contribution in [0.4, 0.5) is 29.2 Å². The number of carboxylic acid groups (broad SMARTS) is 2. The number of hydrogen-bond donors (Lipinski definition) is 4. The van der Waals surface area contributed by atoms with E-state index in [4.69, 9.17) is 38.4 Å². The summed E-state index contributed by atoms with van der Waals surface area (Å²) < 4.78 is 33.1. The normalized spacial score (nSPS) is 11.3. The molecule has 0 saturated carbocycles. The molecular formula is C31H43N6O10+. The second kappa shape index (κ2) is 14.9. The molecule has 16 nitrogen and oxygen atoms in total. The van der Waals surface area contributed by atoms with Gasteiger partial charge in [0.25, 0.3) is 0 Å². The molecule has 4 N–H and O–H groups in total. The van der Waals surface area contributed by atoms with Gasteiger partial charge in [-0.15, -0.1) is 9.97 Å². The molecular weight excluding hydrogens is 616 g/mol. The highest BCUT2D eigenvalue weighted by atomic mass is 16.5. The number of aromatic carboxylic acids is 2. The fraction of sp³-hybridized carbons (Fsp3) is 0.452. The first-order chi connectivity index (χ1) is 22.3. The van der Waals surface area contributed by atoms with Gasteiger partial charge < -0.3 is 49.3 Å². The SMILES string of the molecule is CC[N+](c1nc(Nc2c(C(=O)O)cc(OC)c(OC)c2OC)nc(Nc2c(C(=O)O)cc(OC)c(OC)c2OC)n1)(C(C)C)C(C)C. The van der Waals surface area contributed by atoms with E-state index in [1.807, 2.05) is 34.6 Å². The van der Waals surface area contributed by atoms with Gasteiger partial charge in [0, 0.05) is 12.1 Å². The van der Waals surface area contributed by atoms with Crippen LogP contribution < -0.4 is 43.5 Å². The molecule has 0 fully saturated rings. The van der Waals surface area contributed by atoms with Gasteiger partial charge >= 0.3 is 17.9 Å². The first-order valence-electron chi connectivity index (χ1n) is 14.6. The highest BCUT2D eigenvalue weighted by molar-refractivity contribution is 6.00.